The van der Waals surface area contributed by atoms with Crippen LogP contribution in [0, 0.1) is 6.92 Å². The van der Waals surface area contributed by atoms with E-state index in [9.17, 15) is 18.3 Å². The third-order valence-corrected chi connectivity index (χ3v) is 6.74. The van der Waals surface area contributed by atoms with E-state index in [2.05, 4.69) is 0 Å². The van der Waals surface area contributed by atoms with Crippen molar-refractivity contribution >= 4 is 15.9 Å². The van der Waals surface area contributed by atoms with E-state index in [1.807, 2.05) is 13.0 Å². The maximum atomic E-state index is 12.9. The Bertz CT molecular complexity index is 982. The lowest BCUT2D eigenvalue weighted by Gasteiger charge is -2.34. The predicted octanol–water partition coefficient (Wildman–Crippen LogP) is 2.64. The Hall–Kier alpha value is -2.58. The molecule has 0 aliphatic carbocycles. The molecule has 8 heteroatoms. The summed E-state index contributed by atoms with van der Waals surface area (Å²) >= 11 is 0. The van der Waals surface area contributed by atoms with Crippen LogP contribution in [0.1, 0.15) is 29.3 Å². The van der Waals surface area contributed by atoms with Gasteiger partial charge in [-0.05, 0) is 49.2 Å². The number of amides is 1. The third-order valence-electron chi connectivity index (χ3n) is 4.81. The Morgan fingerprint density at radius 1 is 1.10 bits per heavy atom. The van der Waals surface area contributed by atoms with Gasteiger partial charge in [0.1, 0.15) is 16.4 Å². The summed E-state index contributed by atoms with van der Waals surface area (Å²) < 4.78 is 32.7. The number of rotatable bonds is 6. The maximum Gasteiger partial charge on any atom is 0.254 e. The van der Waals surface area contributed by atoms with Crippen LogP contribution in [0.5, 0.6) is 11.5 Å². The van der Waals surface area contributed by atoms with Crippen molar-refractivity contribution < 1.29 is 23.1 Å². The van der Waals surface area contributed by atoms with Gasteiger partial charge in [-0.1, -0.05) is 19.1 Å². The van der Waals surface area contributed by atoms with Gasteiger partial charge in [-0.25, -0.2) is 8.42 Å². The second kappa shape index (κ2) is 8.84. The fourth-order valence-corrected chi connectivity index (χ4v) is 4.81. The summed E-state index contributed by atoms with van der Waals surface area (Å²) in [5, 5.41) is 10.00. The van der Waals surface area contributed by atoms with Gasteiger partial charge < -0.3 is 14.7 Å². The molecule has 0 spiro atoms. The van der Waals surface area contributed by atoms with Gasteiger partial charge in [0.15, 0.2) is 0 Å². The van der Waals surface area contributed by atoms with Crippen LogP contribution in [0.4, 0.5) is 0 Å². The lowest BCUT2D eigenvalue weighted by Crippen LogP contribution is -2.50. The van der Waals surface area contributed by atoms with Crippen molar-refractivity contribution in [3.63, 3.8) is 0 Å². The number of hydrogen-bond acceptors (Lipinski definition) is 5. The van der Waals surface area contributed by atoms with E-state index in [1.54, 1.807) is 36.1 Å². The zero-order valence-corrected chi connectivity index (χ0v) is 17.5. The van der Waals surface area contributed by atoms with Crippen LogP contribution in [-0.4, -0.2) is 61.4 Å². The molecule has 0 atom stereocenters. The van der Waals surface area contributed by atoms with Crippen LogP contribution in [0.2, 0.25) is 0 Å². The molecule has 3 rings (SSSR count). The molecule has 0 bridgehead atoms. The van der Waals surface area contributed by atoms with Gasteiger partial charge in [0, 0.05) is 31.7 Å². The molecule has 1 aliphatic rings. The monoisotopic (exact) mass is 418 g/mol. The number of sulfonamides is 1. The van der Waals surface area contributed by atoms with E-state index in [-0.39, 0.29) is 42.7 Å². The standard InChI is InChI=1S/C21H26N2O5S/c1-3-13-28-18-6-4-5-17(15-18)21(25)22-9-11-23(12-10-22)29(26,27)20-14-16(2)7-8-19(20)24/h4-8,14-15,24H,3,9-13H2,1-2H3. The van der Waals surface area contributed by atoms with Gasteiger partial charge >= 0.3 is 0 Å². The van der Waals surface area contributed by atoms with E-state index in [4.69, 9.17) is 4.74 Å². The van der Waals surface area contributed by atoms with E-state index >= 15 is 0 Å². The normalized spacial score (nSPS) is 15.3. The van der Waals surface area contributed by atoms with E-state index in [0.717, 1.165) is 12.0 Å². The number of hydrogen-bond donors (Lipinski definition) is 1. The minimum Gasteiger partial charge on any atom is -0.507 e. The number of carbonyl (C=O) groups excluding carboxylic acids is 1. The van der Waals surface area contributed by atoms with E-state index in [1.165, 1.54) is 16.4 Å². The molecule has 0 aromatic heterocycles. The highest BCUT2D eigenvalue weighted by atomic mass is 32.2. The first-order valence-corrected chi connectivity index (χ1v) is 11.1. The quantitative estimate of drug-likeness (QED) is 0.779. The largest absolute Gasteiger partial charge is 0.507 e. The number of piperazine rings is 1. The first kappa shape index (κ1) is 21.1. The van der Waals surface area contributed by atoms with Crippen LogP contribution in [0.15, 0.2) is 47.4 Å². The summed E-state index contributed by atoms with van der Waals surface area (Å²) in [6.07, 6.45) is 0.880. The minimum absolute atomic E-state index is 0.0990. The molecular formula is C21H26N2O5S. The highest BCUT2D eigenvalue weighted by molar-refractivity contribution is 7.89. The molecule has 156 valence electrons. The molecule has 2 aromatic carbocycles. The number of aromatic hydroxyl groups is 1. The predicted molar refractivity (Wildman–Crippen MR) is 110 cm³/mol. The molecule has 29 heavy (non-hydrogen) atoms. The van der Waals surface area contributed by atoms with Gasteiger partial charge in [0.05, 0.1) is 6.61 Å². The number of ether oxygens (including phenoxy) is 1. The number of carbonyl (C=O) groups is 1. The highest BCUT2D eigenvalue weighted by Gasteiger charge is 2.32. The second-order valence-electron chi connectivity index (χ2n) is 7.04. The molecule has 1 aliphatic heterocycles. The molecule has 0 saturated carbocycles. The highest BCUT2D eigenvalue weighted by Crippen LogP contribution is 2.27. The second-order valence-corrected chi connectivity index (χ2v) is 8.95. The van der Waals surface area contributed by atoms with Gasteiger partial charge in [-0.3, -0.25) is 4.79 Å². The van der Waals surface area contributed by atoms with Gasteiger partial charge in [-0.2, -0.15) is 4.31 Å². The SMILES string of the molecule is CCCOc1cccc(C(=O)N2CCN(S(=O)(=O)c3cc(C)ccc3O)CC2)c1. The minimum atomic E-state index is -3.82. The third kappa shape index (κ3) is 4.71. The smallest absolute Gasteiger partial charge is 0.254 e. The molecule has 1 saturated heterocycles. The van der Waals surface area contributed by atoms with Gasteiger partial charge in [-0.15, -0.1) is 0 Å². The Morgan fingerprint density at radius 3 is 2.52 bits per heavy atom. The van der Waals surface area contributed by atoms with Crippen LogP contribution >= 0.6 is 0 Å². The van der Waals surface area contributed by atoms with Crippen molar-refractivity contribution in [2.75, 3.05) is 32.8 Å². The molecule has 1 fully saturated rings. The molecule has 0 unspecified atom stereocenters. The molecule has 1 N–H and O–H groups in total. The van der Waals surface area contributed by atoms with Gasteiger partial charge in [0.25, 0.3) is 5.91 Å². The number of phenolic OH excluding ortho intramolecular Hbond substituents is 1. The zero-order valence-electron chi connectivity index (χ0n) is 16.7. The molecular weight excluding hydrogens is 392 g/mol. The summed E-state index contributed by atoms with van der Waals surface area (Å²) in [4.78, 5) is 14.4. The Balaban J connectivity index is 1.69. The number of benzene rings is 2. The topological polar surface area (TPSA) is 87.2 Å². The van der Waals surface area contributed by atoms with Crippen LogP contribution in [0.25, 0.3) is 0 Å². The average molecular weight is 419 g/mol. The summed E-state index contributed by atoms with van der Waals surface area (Å²) in [6.45, 7) is 5.28. The van der Waals surface area contributed by atoms with Crippen LogP contribution < -0.4 is 4.74 Å². The fraction of sp³-hybridized carbons (Fsp3) is 0.381. The Labute approximate surface area is 171 Å². The van der Waals surface area contributed by atoms with Crippen molar-refractivity contribution in [2.45, 2.75) is 25.2 Å². The first-order valence-electron chi connectivity index (χ1n) is 9.65. The summed E-state index contributed by atoms with van der Waals surface area (Å²) in [5.41, 5.74) is 1.27. The van der Waals surface area contributed by atoms with Crippen LogP contribution in [0.3, 0.4) is 0 Å². The molecule has 7 nitrogen and oxygen atoms in total. The molecule has 0 radical (unpaired) electrons. The Morgan fingerprint density at radius 2 is 1.83 bits per heavy atom. The van der Waals surface area contributed by atoms with Crippen LogP contribution in [-0.2, 0) is 10.0 Å². The zero-order chi connectivity index (χ0) is 21.0. The van der Waals surface area contributed by atoms with E-state index in [0.29, 0.717) is 17.9 Å². The molecule has 2 aromatic rings. The number of nitrogens with zero attached hydrogens (tertiary/aromatic N) is 2. The fourth-order valence-electron chi connectivity index (χ4n) is 3.22. The maximum absolute atomic E-state index is 12.9. The molecule has 1 heterocycles. The van der Waals surface area contributed by atoms with Crippen molar-refractivity contribution in [3.05, 3.63) is 53.6 Å². The number of phenols is 1. The van der Waals surface area contributed by atoms with Crippen molar-refractivity contribution in [2.24, 2.45) is 0 Å². The average Bonchev–Trinajstić information content (AvgIpc) is 2.73. The molecule has 1 amide bonds. The van der Waals surface area contributed by atoms with Gasteiger partial charge in [0.2, 0.25) is 10.0 Å². The van der Waals surface area contributed by atoms with Crippen molar-refractivity contribution in [3.8, 4) is 11.5 Å². The summed E-state index contributed by atoms with van der Waals surface area (Å²) in [6, 6.07) is 11.5. The Kier molecular flexibility index (Phi) is 6.44. The summed E-state index contributed by atoms with van der Waals surface area (Å²) in [7, 11) is -3.82. The van der Waals surface area contributed by atoms with Crippen molar-refractivity contribution in [1.82, 2.24) is 9.21 Å². The van der Waals surface area contributed by atoms with Crippen molar-refractivity contribution in [1.29, 1.82) is 0 Å². The van der Waals surface area contributed by atoms with E-state index < -0.39 is 10.0 Å². The lowest BCUT2D eigenvalue weighted by atomic mass is 10.1. The number of aryl methyl sites for hydroxylation is 1. The summed E-state index contributed by atoms with van der Waals surface area (Å²) in [5.74, 6) is 0.231. The first-order chi connectivity index (χ1) is 13.8. The lowest BCUT2D eigenvalue weighted by molar-refractivity contribution is 0.0697.